The molecule has 5 aromatic rings. The molecule has 0 saturated carbocycles. The van der Waals surface area contributed by atoms with Crippen molar-refractivity contribution < 1.29 is 9.84 Å². The van der Waals surface area contributed by atoms with Gasteiger partial charge in [-0.25, -0.2) is 0 Å². The second-order valence-corrected chi connectivity index (χ2v) is 9.66. The van der Waals surface area contributed by atoms with Crippen LogP contribution >= 0.6 is 11.3 Å². The SMILES string of the molecule is Oc1ccc2c(c1)sc1c3ccccc3n(Cc3ccc(OCCN4CCCC4)cc3)c21. The van der Waals surface area contributed by atoms with Crippen molar-refractivity contribution in [2.75, 3.05) is 26.2 Å². The Labute approximate surface area is 191 Å². The third-order valence-corrected chi connectivity index (χ3v) is 7.67. The van der Waals surface area contributed by atoms with Crippen LogP contribution in [0.1, 0.15) is 18.4 Å². The number of para-hydroxylation sites is 1. The number of likely N-dealkylation sites (tertiary alicyclic amines) is 1. The molecule has 1 aliphatic rings. The highest BCUT2D eigenvalue weighted by Crippen LogP contribution is 2.42. The zero-order valence-electron chi connectivity index (χ0n) is 18.0. The largest absolute Gasteiger partial charge is 0.508 e. The number of rotatable bonds is 6. The second-order valence-electron chi connectivity index (χ2n) is 8.60. The molecule has 5 heteroatoms. The quantitative estimate of drug-likeness (QED) is 0.338. The number of nitrogens with zero attached hydrogens (tertiary/aromatic N) is 2. The van der Waals surface area contributed by atoms with E-state index in [-0.39, 0.29) is 0 Å². The summed E-state index contributed by atoms with van der Waals surface area (Å²) in [5.41, 5.74) is 3.74. The van der Waals surface area contributed by atoms with Crippen LogP contribution in [0, 0.1) is 0 Å². The third kappa shape index (κ3) is 3.51. The van der Waals surface area contributed by atoms with Crippen molar-refractivity contribution in [2.24, 2.45) is 0 Å². The van der Waals surface area contributed by atoms with Crippen molar-refractivity contribution >= 4 is 42.5 Å². The highest BCUT2D eigenvalue weighted by atomic mass is 32.1. The van der Waals surface area contributed by atoms with E-state index in [0.29, 0.717) is 5.75 Å². The van der Waals surface area contributed by atoms with Gasteiger partial charge in [0.25, 0.3) is 0 Å². The first-order chi connectivity index (χ1) is 15.8. The molecule has 3 aromatic carbocycles. The first-order valence-corrected chi connectivity index (χ1v) is 12.1. The maximum absolute atomic E-state index is 9.95. The molecule has 0 unspecified atom stereocenters. The lowest BCUT2D eigenvalue weighted by molar-refractivity contribution is 0.238. The summed E-state index contributed by atoms with van der Waals surface area (Å²) in [5.74, 6) is 1.25. The number of phenols is 1. The lowest BCUT2D eigenvalue weighted by Gasteiger charge is -2.15. The molecule has 162 valence electrons. The minimum atomic E-state index is 0.317. The normalized spacial score (nSPS) is 14.8. The highest BCUT2D eigenvalue weighted by Gasteiger charge is 2.17. The van der Waals surface area contributed by atoms with E-state index in [1.165, 1.54) is 58.0 Å². The maximum Gasteiger partial charge on any atom is 0.119 e. The van der Waals surface area contributed by atoms with Gasteiger partial charge in [0, 0.05) is 28.6 Å². The molecule has 1 fully saturated rings. The average Bonchev–Trinajstić information content (AvgIpc) is 3.52. The van der Waals surface area contributed by atoms with Gasteiger partial charge in [-0.15, -0.1) is 11.3 Å². The van der Waals surface area contributed by atoms with Crippen molar-refractivity contribution in [3.05, 3.63) is 72.3 Å². The Morgan fingerprint density at radius 1 is 0.906 bits per heavy atom. The molecular weight excluding hydrogens is 416 g/mol. The standard InChI is InChI=1S/C27H26N2O2S/c30-20-9-12-23-25(17-20)32-27-22-5-1-2-6-24(22)29(26(23)27)18-19-7-10-21(11-8-19)31-16-15-28-13-3-4-14-28/h1-2,5-12,17,30H,3-4,13-16,18H2. The zero-order chi connectivity index (χ0) is 21.5. The van der Waals surface area contributed by atoms with E-state index in [0.717, 1.165) is 30.1 Å². The second kappa shape index (κ2) is 8.15. The Morgan fingerprint density at radius 2 is 1.72 bits per heavy atom. The predicted octanol–water partition coefficient (Wildman–Crippen LogP) is 6.24. The Morgan fingerprint density at radius 3 is 2.56 bits per heavy atom. The van der Waals surface area contributed by atoms with Crippen LogP contribution in [0.5, 0.6) is 11.5 Å². The Hall–Kier alpha value is -3.02. The first-order valence-electron chi connectivity index (χ1n) is 11.3. The summed E-state index contributed by atoms with van der Waals surface area (Å²) in [4.78, 5) is 2.47. The summed E-state index contributed by atoms with van der Waals surface area (Å²) in [6.45, 7) is 4.97. The van der Waals surface area contributed by atoms with Gasteiger partial charge in [-0.05, 0) is 67.9 Å². The zero-order valence-corrected chi connectivity index (χ0v) is 18.8. The lowest BCUT2D eigenvalue weighted by Crippen LogP contribution is -2.25. The molecule has 6 rings (SSSR count). The van der Waals surface area contributed by atoms with E-state index in [4.69, 9.17) is 4.74 Å². The molecule has 0 radical (unpaired) electrons. The number of fused-ring (bicyclic) bond motifs is 5. The molecule has 1 aliphatic heterocycles. The van der Waals surface area contributed by atoms with Gasteiger partial charge in [0.05, 0.1) is 15.7 Å². The number of phenolic OH excluding ortho intramolecular Hbond substituents is 1. The monoisotopic (exact) mass is 442 g/mol. The summed E-state index contributed by atoms with van der Waals surface area (Å²) >= 11 is 1.75. The summed E-state index contributed by atoms with van der Waals surface area (Å²) in [6.07, 6.45) is 2.63. The Bertz CT molecular complexity index is 1390. The van der Waals surface area contributed by atoms with Crippen molar-refractivity contribution in [1.29, 1.82) is 0 Å². The number of hydrogen-bond acceptors (Lipinski definition) is 4. The molecule has 2 aromatic heterocycles. The number of aromatic hydroxyl groups is 1. The van der Waals surface area contributed by atoms with Gasteiger partial charge in [0.15, 0.2) is 0 Å². The van der Waals surface area contributed by atoms with Gasteiger partial charge in [-0.1, -0.05) is 30.3 Å². The van der Waals surface area contributed by atoms with Crippen LogP contribution in [0.2, 0.25) is 0 Å². The third-order valence-electron chi connectivity index (χ3n) is 6.50. The van der Waals surface area contributed by atoms with Crippen LogP contribution in [0.3, 0.4) is 0 Å². The molecule has 3 heterocycles. The van der Waals surface area contributed by atoms with Gasteiger partial charge in [0.1, 0.15) is 18.1 Å². The van der Waals surface area contributed by atoms with Crippen molar-refractivity contribution in [1.82, 2.24) is 9.47 Å². The van der Waals surface area contributed by atoms with Crippen LogP contribution in [0.25, 0.3) is 31.2 Å². The first kappa shape index (κ1) is 19.6. The summed E-state index contributed by atoms with van der Waals surface area (Å²) in [5, 5.41) is 12.4. The van der Waals surface area contributed by atoms with E-state index in [9.17, 15) is 5.11 Å². The van der Waals surface area contributed by atoms with E-state index in [1.54, 1.807) is 17.4 Å². The fourth-order valence-electron chi connectivity index (χ4n) is 4.88. The highest BCUT2D eigenvalue weighted by molar-refractivity contribution is 7.26. The molecule has 32 heavy (non-hydrogen) atoms. The number of thiophene rings is 1. The van der Waals surface area contributed by atoms with Gasteiger partial charge < -0.3 is 14.4 Å². The minimum absolute atomic E-state index is 0.317. The maximum atomic E-state index is 9.95. The summed E-state index contributed by atoms with van der Waals surface area (Å²) < 4.78 is 10.8. The minimum Gasteiger partial charge on any atom is -0.508 e. The lowest BCUT2D eigenvalue weighted by atomic mass is 10.2. The summed E-state index contributed by atoms with van der Waals surface area (Å²) in [6, 6.07) is 22.8. The molecule has 0 atom stereocenters. The predicted molar refractivity (Wildman–Crippen MR) is 133 cm³/mol. The van der Waals surface area contributed by atoms with Crippen LogP contribution in [0.15, 0.2) is 66.7 Å². The number of benzene rings is 3. The van der Waals surface area contributed by atoms with Gasteiger partial charge in [-0.2, -0.15) is 0 Å². The molecule has 0 bridgehead atoms. The molecular formula is C27H26N2O2S. The molecule has 0 spiro atoms. The molecule has 1 saturated heterocycles. The Balaban J connectivity index is 1.30. The van der Waals surface area contributed by atoms with Gasteiger partial charge in [0.2, 0.25) is 0 Å². The van der Waals surface area contributed by atoms with Gasteiger partial charge >= 0.3 is 0 Å². The van der Waals surface area contributed by atoms with E-state index in [2.05, 4.69) is 58.0 Å². The van der Waals surface area contributed by atoms with Crippen molar-refractivity contribution in [3.63, 3.8) is 0 Å². The van der Waals surface area contributed by atoms with E-state index in [1.807, 2.05) is 12.1 Å². The van der Waals surface area contributed by atoms with Gasteiger partial charge in [-0.3, -0.25) is 4.90 Å². The molecule has 0 amide bonds. The van der Waals surface area contributed by atoms with Crippen LogP contribution in [-0.4, -0.2) is 40.8 Å². The molecule has 4 nitrogen and oxygen atoms in total. The molecule has 1 N–H and O–H groups in total. The fourth-order valence-corrected chi connectivity index (χ4v) is 6.15. The molecule has 0 aliphatic carbocycles. The smallest absolute Gasteiger partial charge is 0.119 e. The van der Waals surface area contributed by atoms with Crippen LogP contribution < -0.4 is 4.74 Å². The van der Waals surface area contributed by atoms with E-state index < -0.39 is 0 Å². The van der Waals surface area contributed by atoms with Crippen LogP contribution in [-0.2, 0) is 6.54 Å². The average molecular weight is 443 g/mol. The Kier molecular flexibility index (Phi) is 5.01. The topological polar surface area (TPSA) is 37.6 Å². The fraction of sp³-hybridized carbons (Fsp3) is 0.259. The number of hydrogen-bond donors (Lipinski definition) is 1. The van der Waals surface area contributed by atoms with E-state index >= 15 is 0 Å². The van der Waals surface area contributed by atoms with Crippen LogP contribution in [0.4, 0.5) is 0 Å². The van der Waals surface area contributed by atoms with Crippen molar-refractivity contribution in [2.45, 2.75) is 19.4 Å². The van der Waals surface area contributed by atoms with Crippen molar-refractivity contribution in [3.8, 4) is 11.5 Å². The number of ether oxygens (including phenoxy) is 1. The number of aromatic nitrogens is 1. The summed E-state index contributed by atoms with van der Waals surface area (Å²) in [7, 11) is 0.